The Morgan fingerprint density at radius 3 is 2.55 bits per heavy atom. The van der Waals surface area contributed by atoms with Crippen molar-refractivity contribution < 1.29 is 24.5 Å². The molecular weight excluding hydrogens is 262 g/mol. The molecule has 0 aromatic heterocycles. The first-order chi connectivity index (χ1) is 9.15. The van der Waals surface area contributed by atoms with E-state index in [4.69, 9.17) is 14.6 Å². The molecule has 0 saturated heterocycles. The van der Waals surface area contributed by atoms with Gasteiger partial charge in [-0.15, -0.1) is 0 Å². The number of hydrogen-bond acceptors (Lipinski definition) is 6. The smallest absolute Gasteiger partial charge is 0.332 e. The maximum absolute atomic E-state index is 12.1. The van der Waals surface area contributed by atoms with Crippen LogP contribution in [-0.2, 0) is 14.3 Å². The van der Waals surface area contributed by atoms with Gasteiger partial charge < -0.3 is 19.7 Å². The fourth-order valence-corrected chi connectivity index (χ4v) is 1.98. The van der Waals surface area contributed by atoms with Crippen molar-refractivity contribution in [1.29, 1.82) is 0 Å². The molecule has 0 aliphatic carbocycles. The van der Waals surface area contributed by atoms with E-state index < -0.39 is 23.7 Å². The normalized spacial score (nSPS) is 28.6. The first-order valence-corrected chi connectivity index (χ1v) is 6.79. The van der Waals surface area contributed by atoms with Crippen molar-refractivity contribution in [3.8, 4) is 0 Å². The van der Waals surface area contributed by atoms with Crippen LogP contribution in [-0.4, -0.2) is 53.5 Å². The summed E-state index contributed by atoms with van der Waals surface area (Å²) >= 11 is 0. The third-order valence-corrected chi connectivity index (χ3v) is 3.87. The molecule has 116 valence electrons. The lowest BCUT2D eigenvalue weighted by Crippen LogP contribution is -2.56. The second kappa shape index (κ2) is 6.10. The number of hydrogen-bond donors (Lipinski definition) is 2. The standard InChI is InChI=1S/C14H25NO5/c1-13(2,3)14(4)12(19-5)15-10(11(18)20-14)7-6-9(17)8-16/h9-10,16-17H,6-8H2,1-5H3/t9-,10+,14+/m1/s1. The minimum absolute atomic E-state index is 0.281. The van der Waals surface area contributed by atoms with Crippen LogP contribution in [0.5, 0.6) is 0 Å². The highest BCUT2D eigenvalue weighted by Gasteiger charge is 2.51. The Balaban J connectivity index is 2.94. The zero-order chi connectivity index (χ0) is 15.6. The monoisotopic (exact) mass is 287 g/mol. The first-order valence-electron chi connectivity index (χ1n) is 6.79. The second-order valence-electron chi connectivity index (χ2n) is 6.27. The van der Waals surface area contributed by atoms with Crippen molar-refractivity contribution in [3.05, 3.63) is 0 Å². The predicted octanol–water partition coefficient (Wildman–Crippen LogP) is 0.895. The van der Waals surface area contributed by atoms with Crippen LogP contribution in [0.2, 0.25) is 0 Å². The lowest BCUT2D eigenvalue weighted by molar-refractivity contribution is -0.166. The van der Waals surface area contributed by atoms with E-state index in [9.17, 15) is 9.90 Å². The van der Waals surface area contributed by atoms with Gasteiger partial charge in [-0.05, 0) is 19.8 Å². The molecule has 0 saturated carbocycles. The number of rotatable bonds is 4. The van der Waals surface area contributed by atoms with Crippen molar-refractivity contribution in [2.24, 2.45) is 10.4 Å². The van der Waals surface area contributed by atoms with Gasteiger partial charge in [-0.2, -0.15) is 0 Å². The molecule has 3 atom stereocenters. The maximum Gasteiger partial charge on any atom is 0.332 e. The van der Waals surface area contributed by atoms with Gasteiger partial charge in [0.15, 0.2) is 11.6 Å². The molecule has 1 aliphatic heterocycles. The minimum Gasteiger partial charge on any atom is -0.481 e. The Kier molecular flexibility index (Phi) is 5.15. The Morgan fingerprint density at radius 2 is 2.10 bits per heavy atom. The molecule has 0 unspecified atom stereocenters. The van der Waals surface area contributed by atoms with E-state index in [1.807, 2.05) is 20.8 Å². The molecule has 2 N–H and O–H groups in total. The van der Waals surface area contributed by atoms with Crippen molar-refractivity contribution >= 4 is 11.9 Å². The van der Waals surface area contributed by atoms with Gasteiger partial charge >= 0.3 is 5.97 Å². The van der Waals surface area contributed by atoms with Crippen LogP contribution < -0.4 is 0 Å². The molecule has 0 aromatic rings. The van der Waals surface area contributed by atoms with Crippen molar-refractivity contribution in [3.63, 3.8) is 0 Å². The summed E-state index contributed by atoms with van der Waals surface area (Å²) in [5, 5.41) is 18.1. The molecular formula is C14H25NO5. The number of ether oxygens (including phenoxy) is 2. The number of cyclic esters (lactones) is 1. The highest BCUT2D eigenvalue weighted by atomic mass is 16.6. The quantitative estimate of drug-likeness (QED) is 0.750. The average molecular weight is 287 g/mol. The third-order valence-electron chi connectivity index (χ3n) is 3.87. The van der Waals surface area contributed by atoms with Crippen LogP contribution in [0.4, 0.5) is 0 Å². The number of carbonyl (C=O) groups excluding carboxylic acids is 1. The zero-order valence-electron chi connectivity index (χ0n) is 12.8. The SMILES string of the molecule is COC1=N[C@@H](CC[C@@H](O)CO)C(=O)O[C@]1(C)C(C)(C)C. The highest BCUT2D eigenvalue weighted by Crippen LogP contribution is 2.38. The number of esters is 1. The molecule has 20 heavy (non-hydrogen) atoms. The third kappa shape index (κ3) is 3.30. The fraction of sp³-hybridized carbons (Fsp3) is 0.857. The second-order valence-corrected chi connectivity index (χ2v) is 6.27. The van der Waals surface area contributed by atoms with E-state index in [0.29, 0.717) is 12.3 Å². The van der Waals surface area contributed by atoms with E-state index in [2.05, 4.69) is 4.99 Å². The van der Waals surface area contributed by atoms with E-state index in [1.165, 1.54) is 7.11 Å². The van der Waals surface area contributed by atoms with Crippen LogP contribution in [0.3, 0.4) is 0 Å². The topological polar surface area (TPSA) is 88.4 Å². The van der Waals surface area contributed by atoms with Crippen molar-refractivity contribution in [2.75, 3.05) is 13.7 Å². The average Bonchev–Trinajstić information content (AvgIpc) is 2.36. The summed E-state index contributed by atoms with van der Waals surface area (Å²) in [6.07, 6.45) is -0.253. The molecule has 0 radical (unpaired) electrons. The number of carbonyl (C=O) groups is 1. The van der Waals surface area contributed by atoms with Gasteiger partial charge in [0.2, 0.25) is 5.90 Å². The molecule has 0 aromatic carbocycles. The summed E-state index contributed by atoms with van der Waals surface area (Å²) in [6, 6.07) is -0.693. The van der Waals surface area contributed by atoms with Gasteiger partial charge in [-0.3, -0.25) is 0 Å². The summed E-state index contributed by atoms with van der Waals surface area (Å²) in [5.41, 5.74) is -1.27. The maximum atomic E-state index is 12.1. The fourth-order valence-electron chi connectivity index (χ4n) is 1.98. The lowest BCUT2D eigenvalue weighted by atomic mass is 9.76. The molecule has 0 spiro atoms. The van der Waals surface area contributed by atoms with E-state index in [-0.39, 0.29) is 18.4 Å². The van der Waals surface area contributed by atoms with Crippen molar-refractivity contribution in [1.82, 2.24) is 0 Å². The van der Waals surface area contributed by atoms with Crippen LogP contribution in [0, 0.1) is 5.41 Å². The predicted molar refractivity (Wildman–Crippen MR) is 74.5 cm³/mol. The van der Waals surface area contributed by atoms with Crippen LogP contribution in [0.1, 0.15) is 40.5 Å². The van der Waals surface area contributed by atoms with Gasteiger partial charge in [-0.1, -0.05) is 20.8 Å². The van der Waals surface area contributed by atoms with E-state index in [1.54, 1.807) is 6.92 Å². The van der Waals surface area contributed by atoms with E-state index >= 15 is 0 Å². The first kappa shape index (κ1) is 16.9. The summed E-state index contributed by atoms with van der Waals surface area (Å²) in [6.45, 7) is 7.30. The lowest BCUT2D eigenvalue weighted by Gasteiger charge is -2.43. The molecule has 0 fully saturated rings. The number of nitrogens with zero attached hydrogens (tertiary/aromatic N) is 1. The largest absolute Gasteiger partial charge is 0.481 e. The van der Waals surface area contributed by atoms with Gasteiger partial charge in [0.25, 0.3) is 0 Å². The Bertz CT molecular complexity index is 388. The molecule has 1 heterocycles. The summed E-state index contributed by atoms with van der Waals surface area (Å²) in [4.78, 5) is 16.4. The Labute approximate surface area is 119 Å². The van der Waals surface area contributed by atoms with Crippen LogP contribution >= 0.6 is 0 Å². The molecule has 1 aliphatic rings. The van der Waals surface area contributed by atoms with Gasteiger partial charge in [0.1, 0.15) is 0 Å². The summed E-state index contributed by atoms with van der Waals surface area (Å²) < 4.78 is 10.9. The number of aliphatic imine (C=N–C) groups is 1. The number of aliphatic hydroxyl groups excluding tert-OH is 2. The minimum atomic E-state index is -0.912. The summed E-state index contributed by atoms with van der Waals surface area (Å²) in [7, 11) is 1.50. The number of aliphatic hydroxyl groups is 2. The van der Waals surface area contributed by atoms with Crippen molar-refractivity contribution in [2.45, 2.75) is 58.3 Å². The van der Waals surface area contributed by atoms with Gasteiger partial charge in [-0.25, -0.2) is 9.79 Å². The highest BCUT2D eigenvalue weighted by molar-refractivity contribution is 5.94. The summed E-state index contributed by atoms with van der Waals surface area (Å²) in [5.74, 6) is -0.0403. The molecule has 1 rings (SSSR count). The van der Waals surface area contributed by atoms with Crippen LogP contribution in [0.25, 0.3) is 0 Å². The zero-order valence-corrected chi connectivity index (χ0v) is 12.8. The number of methoxy groups -OCH3 is 1. The van der Waals surface area contributed by atoms with Gasteiger partial charge in [0, 0.05) is 5.41 Å². The van der Waals surface area contributed by atoms with E-state index in [0.717, 1.165) is 0 Å². The van der Waals surface area contributed by atoms with Crippen LogP contribution in [0.15, 0.2) is 4.99 Å². The molecule has 0 amide bonds. The Morgan fingerprint density at radius 1 is 1.50 bits per heavy atom. The molecule has 6 heteroatoms. The Hall–Kier alpha value is -1.14. The molecule has 6 nitrogen and oxygen atoms in total. The molecule has 0 bridgehead atoms. The van der Waals surface area contributed by atoms with Gasteiger partial charge in [0.05, 0.1) is 19.8 Å².